The maximum absolute atomic E-state index is 13.4. The van der Waals surface area contributed by atoms with Gasteiger partial charge >= 0.3 is 0 Å². The van der Waals surface area contributed by atoms with Gasteiger partial charge in [-0.15, -0.1) is 0 Å². The fourth-order valence-corrected chi connectivity index (χ4v) is 3.95. The molecule has 9 heteroatoms. The first-order chi connectivity index (χ1) is 17.3. The third-order valence-corrected chi connectivity index (χ3v) is 5.86. The van der Waals surface area contributed by atoms with Crippen molar-refractivity contribution in [1.82, 2.24) is 4.57 Å². The van der Waals surface area contributed by atoms with E-state index < -0.39 is 11.2 Å². The van der Waals surface area contributed by atoms with Gasteiger partial charge in [0.05, 0.1) is 37.8 Å². The summed E-state index contributed by atoms with van der Waals surface area (Å²) in [7, 11) is 4.46. The van der Waals surface area contributed by atoms with Crippen LogP contribution in [0.2, 0.25) is 5.02 Å². The molecule has 4 aromatic rings. The number of hydrogen-bond donors (Lipinski definition) is 1. The number of nitrogens with one attached hydrogen (secondary N) is 1. The second-order valence-electron chi connectivity index (χ2n) is 7.84. The fraction of sp³-hybridized carbons (Fsp3) is 0.148. The monoisotopic (exact) mass is 506 g/mol. The standard InChI is InChI=1S/C27H23ClN2O6/c1-34-19-6-4-5-18(11-19)29-25(31)15-30-14-21(26(32)16-7-9-17(28)10-8-16)27(33)20-12-23(35-2)24(36-3)13-22(20)30/h4-14H,15H2,1-3H3,(H,29,31). The molecular weight excluding hydrogens is 484 g/mol. The van der Waals surface area contributed by atoms with Crippen LogP contribution < -0.4 is 25.0 Å². The molecule has 0 bridgehead atoms. The molecule has 0 aliphatic carbocycles. The molecule has 0 spiro atoms. The molecule has 1 aromatic heterocycles. The lowest BCUT2D eigenvalue weighted by atomic mass is 10.0. The van der Waals surface area contributed by atoms with E-state index in [2.05, 4.69) is 5.32 Å². The molecule has 1 amide bonds. The zero-order chi connectivity index (χ0) is 25.8. The summed E-state index contributed by atoms with van der Waals surface area (Å²) in [6.07, 6.45) is 1.39. The molecule has 0 fully saturated rings. The van der Waals surface area contributed by atoms with Crippen LogP contribution in [0.5, 0.6) is 17.2 Å². The lowest BCUT2D eigenvalue weighted by molar-refractivity contribution is -0.116. The zero-order valence-corrected chi connectivity index (χ0v) is 20.6. The largest absolute Gasteiger partial charge is 0.497 e. The van der Waals surface area contributed by atoms with E-state index in [1.54, 1.807) is 54.6 Å². The van der Waals surface area contributed by atoms with Crippen molar-refractivity contribution in [2.75, 3.05) is 26.6 Å². The highest BCUT2D eigenvalue weighted by molar-refractivity contribution is 6.30. The number of carbonyl (C=O) groups excluding carboxylic acids is 2. The Bertz CT molecular complexity index is 1510. The number of pyridine rings is 1. The van der Waals surface area contributed by atoms with Crippen LogP contribution >= 0.6 is 11.6 Å². The van der Waals surface area contributed by atoms with Crippen LogP contribution in [0.15, 0.2) is 71.7 Å². The summed E-state index contributed by atoms with van der Waals surface area (Å²) in [5.41, 5.74) is 0.665. The van der Waals surface area contributed by atoms with Crippen LogP contribution in [0.1, 0.15) is 15.9 Å². The van der Waals surface area contributed by atoms with Crippen molar-refractivity contribution in [2.45, 2.75) is 6.54 Å². The van der Waals surface area contributed by atoms with E-state index in [0.717, 1.165) is 0 Å². The number of ether oxygens (including phenoxy) is 3. The molecule has 0 atom stereocenters. The summed E-state index contributed by atoms with van der Waals surface area (Å²) >= 11 is 5.95. The van der Waals surface area contributed by atoms with Gasteiger partial charge in [-0.2, -0.15) is 0 Å². The Balaban J connectivity index is 1.82. The van der Waals surface area contributed by atoms with E-state index in [4.69, 9.17) is 25.8 Å². The molecule has 1 heterocycles. The number of fused-ring (bicyclic) bond motifs is 1. The van der Waals surface area contributed by atoms with E-state index >= 15 is 0 Å². The van der Waals surface area contributed by atoms with E-state index in [0.29, 0.717) is 39.0 Å². The topological polar surface area (TPSA) is 95.9 Å². The molecule has 0 aliphatic rings. The van der Waals surface area contributed by atoms with Gasteiger partial charge in [-0.1, -0.05) is 17.7 Å². The Labute approximate surface area is 212 Å². The summed E-state index contributed by atoms with van der Waals surface area (Å²) in [5.74, 6) is 0.436. The van der Waals surface area contributed by atoms with E-state index in [1.807, 2.05) is 0 Å². The number of halogens is 1. The highest BCUT2D eigenvalue weighted by atomic mass is 35.5. The van der Waals surface area contributed by atoms with Crippen molar-refractivity contribution >= 4 is 39.9 Å². The molecular formula is C27H23ClN2O6. The first-order valence-electron chi connectivity index (χ1n) is 10.9. The molecule has 8 nitrogen and oxygen atoms in total. The lowest BCUT2D eigenvalue weighted by Gasteiger charge is -2.16. The fourth-order valence-electron chi connectivity index (χ4n) is 3.82. The van der Waals surface area contributed by atoms with Crippen LogP contribution in [0.25, 0.3) is 10.9 Å². The Morgan fingerprint density at radius 1 is 0.917 bits per heavy atom. The van der Waals surface area contributed by atoms with Gasteiger partial charge in [0.2, 0.25) is 11.3 Å². The minimum absolute atomic E-state index is 0.0915. The number of aromatic nitrogens is 1. The molecule has 4 rings (SSSR count). The highest BCUT2D eigenvalue weighted by Crippen LogP contribution is 2.31. The molecule has 1 N–H and O–H groups in total. The Hall–Kier alpha value is -4.30. The van der Waals surface area contributed by atoms with Crippen molar-refractivity contribution in [3.8, 4) is 17.2 Å². The molecule has 0 saturated carbocycles. The Kier molecular flexibility index (Phi) is 7.26. The van der Waals surface area contributed by atoms with Crippen LogP contribution in [-0.4, -0.2) is 37.6 Å². The third kappa shape index (κ3) is 5.04. The molecule has 0 saturated heterocycles. The van der Waals surface area contributed by atoms with Crippen LogP contribution in [0.4, 0.5) is 5.69 Å². The van der Waals surface area contributed by atoms with Gasteiger partial charge in [0.25, 0.3) is 0 Å². The number of methoxy groups -OCH3 is 3. The first-order valence-corrected chi connectivity index (χ1v) is 11.3. The summed E-state index contributed by atoms with van der Waals surface area (Å²) in [6, 6.07) is 16.3. The van der Waals surface area contributed by atoms with E-state index in [9.17, 15) is 14.4 Å². The first kappa shape index (κ1) is 24.8. The third-order valence-electron chi connectivity index (χ3n) is 5.60. The van der Waals surface area contributed by atoms with Crippen molar-refractivity contribution in [3.05, 3.63) is 93.2 Å². The second-order valence-corrected chi connectivity index (χ2v) is 8.28. The number of rotatable bonds is 8. The van der Waals surface area contributed by atoms with Crippen LogP contribution in [0.3, 0.4) is 0 Å². The van der Waals surface area contributed by atoms with Crippen LogP contribution in [-0.2, 0) is 11.3 Å². The summed E-state index contributed by atoms with van der Waals surface area (Å²) in [5, 5.41) is 3.48. The van der Waals surface area contributed by atoms with Crippen LogP contribution in [0, 0.1) is 0 Å². The van der Waals surface area contributed by atoms with E-state index in [1.165, 1.54) is 38.2 Å². The average Bonchev–Trinajstić information content (AvgIpc) is 2.89. The van der Waals surface area contributed by atoms with Gasteiger partial charge in [-0.05, 0) is 42.5 Å². The quantitative estimate of drug-likeness (QED) is 0.352. The number of amides is 1. The second kappa shape index (κ2) is 10.5. The SMILES string of the molecule is COc1cccc(NC(=O)Cn2cc(C(=O)c3ccc(Cl)cc3)c(=O)c3cc(OC)c(OC)cc32)c1. The van der Waals surface area contributed by atoms with Crippen molar-refractivity contribution in [2.24, 2.45) is 0 Å². The van der Waals surface area contributed by atoms with Gasteiger partial charge in [0, 0.05) is 34.6 Å². The minimum Gasteiger partial charge on any atom is -0.497 e. The van der Waals surface area contributed by atoms with Gasteiger partial charge in [-0.3, -0.25) is 14.4 Å². The molecule has 0 radical (unpaired) electrons. The van der Waals surface area contributed by atoms with Gasteiger partial charge in [-0.25, -0.2) is 0 Å². The maximum atomic E-state index is 13.4. The number of nitrogens with zero attached hydrogens (tertiary/aromatic N) is 1. The Morgan fingerprint density at radius 2 is 1.61 bits per heavy atom. The minimum atomic E-state index is -0.490. The van der Waals surface area contributed by atoms with Gasteiger partial charge in [0.1, 0.15) is 12.3 Å². The maximum Gasteiger partial charge on any atom is 0.244 e. The van der Waals surface area contributed by atoms with Crippen molar-refractivity contribution in [1.29, 1.82) is 0 Å². The van der Waals surface area contributed by atoms with Crippen molar-refractivity contribution in [3.63, 3.8) is 0 Å². The predicted octanol–water partition coefficient (Wildman–Crippen LogP) is 4.55. The highest BCUT2D eigenvalue weighted by Gasteiger charge is 2.20. The summed E-state index contributed by atoms with van der Waals surface area (Å²) in [4.78, 5) is 39.6. The molecule has 0 unspecified atom stereocenters. The zero-order valence-electron chi connectivity index (χ0n) is 19.8. The lowest BCUT2D eigenvalue weighted by Crippen LogP contribution is -2.24. The Morgan fingerprint density at radius 3 is 2.28 bits per heavy atom. The number of ketones is 1. The van der Waals surface area contributed by atoms with Crippen molar-refractivity contribution < 1.29 is 23.8 Å². The summed E-state index contributed by atoms with van der Waals surface area (Å²) in [6.45, 7) is -0.176. The predicted molar refractivity (Wildman–Crippen MR) is 138 cm³/mol. The molecule has 3 aromatic carbocycles. The number of benzene rings is 3. The van der Waals surface area contributed by atoms with Gasteiger partial charge in [0.15, 0.2) is 17.3 Å². The summed E-state index contributed by atoms with van der Waals surface area (Å²) < 4.78 is 17.5. The smallest absolute Gasteiger partial charge is 0.244 e. The average molecular weight is 507 g/mol. The van der Waals surface area contributed by atoms with Gasteiger partial charge < -0.3 is 24.1 Å². The normalized spacial score (nSPS) is 10.7. The molecule has 36 heavy (non-hydrogen) atoms. The molecule has 184 valence electrons. The van der Waals surface area contributed by atoms with E-state index in [-0.39, 0.29) is 23.4 Å². The molecule has 0 aliphatic heterocycles. The number of anilines is 1. The number of hydrogen-bond acceptors (Lipinski definition) is 6. The number of carbonyl (C=O) groups is 2.